The van der Waals surface area contributed by atoms with Crippen LogP contribution in [-0.2, 0) is 11.2 Å². The second-order valence-electron chi connectivity index (χ2n) is 7.14. The Bertz CT molecular complexity index is 525. The van der Waals surface area contributed by atoms with E-state index >= 15 is 0 Å². The highest BCUT2D eigenvalue weighted by atomic mass is 32.1. The summed E-state index contributed by atoms with van der Waals surface area (Å²) in [6.07, 6.45) is 1.91. The fourth-order valence-electron chi connectivity index (χ4n) is 2.67. The van der Waals surface area contributed by atoms with Crippen molar-refractivity contribution < 1.29 is 4.79 Å². The van der Waals surface area contributed by atoms with Crippen molar-refractivity contribution >= 4 is 22.6 Å². The summed E-state index contributed by atoms with van der Waals surface area (Å²) in [6, 6.07) is -0.102. The van der Waals surface area contributed by atoms with Crippen LogP contribution in [0, 0.1) is 0 Å². The molecule has 0 saturated carbocycles. The third-order valence-electron chi connectivity index (χ3n) is 4.00. The van der Waals surface area contributed by atoms with Crippen molar-refractivity contribution in [1.82, 2.24) is 19.6 Å². The Morgan fingerprint density at radius 3 is 2.65 bits per heavy atom. The fraction of sp³-hybridized carbons (Fsp3) is 0.812. The maximum atomic E-state index is 12.4. The van der Waals surface area contributed by atoms with Crippen molar-refractivity contribution in [2.45, 2.75) is 59.0 Å². The number of carbonyl (C=O) groups is 1. The highest BCUT2D eigenvalue weighted by molar-refractivity contribution is 7.09. The molecule has 1 fully saturated rings. The number of hydrogen-bond donors (Lipinski definition) is 1. The molecule has 0 unspecified atom stereocenters. The number of aryl methyl sites for hydroxylation is 1. The summed E-state index contributed by atoms with van der Waals surface area (Å²) in [6.45, 7) is 13.8. The molecule has 0 aliphatic carbocycles. The predicted molar refractivity (Wildman–Crippen MR) is 95.0 cm³/mol. The van der Waals surface area contributed by atoms with Crippen LogP contribution in [0.25, 0.3) is 0 Å². The number of anilines is 1. The van der Waals surface area contributed by atoms with Gasteiger partial charge < -0.3 is 10.2 Å². The lowest BCUT2D eigenvalue weighted by atomic mass is 10.1. The van der Waals surface area contributed by atoms with Crippen LogP contribution < -0.4 is 10.2 Å². The maximum absolute atomic E-state index is 12.4. The van der Waals surface area contributed by atoms with Gasteiger partial charge in [-0.3, -0.25) is 9.69 Å². The quantitative estimate of drug-likeness (QED) is 0.908. The van der Waals surface area contributed by atoms with Crippen molar-refractivity contribution in [3.63, 3.8) is 0 Å². The zero-order chi connectivity index (χ0) is 17.0. The molecule has 1 aromatic heterocycles. The van der Waals surface area contributed by atoms with E-state index in [-0.39, 0.29) is 17.5 Å². The standard InChI is InChI=1S/C16H29N5OS/c1-6-13-17-15(23-19-13)21-9-7-8-20(10-11-21)12(2)14(22)18-16(3,4)5/h12H,6-11H2,1-5H3,(H,18,22)/t12-/m1/s1. The number of amides is 1. The average molecular weight is 340 g/mol. The van der Waals surface area contributed by atoms with Crippen LogP contribution in [0.3, 0.4) is 0 Å². The van der Waals surface area contributed by atoms with Gasteiger partial charge >= 0.3 is 0 Å². The average Bonchev–Trinajstić information content (AvgIpc) is 2.82. The summed E-state index contributed by atoms with van der Waals surface area (Å²) in [7, 11) is 0. The van der Waals surface area contributed by atoms with Crippen LogP contribution in [0.4, 0.5) is 5.13 Å². The first kappa shape index (κ1) is 18.1. The fourth-order valence-corrected chi connectivity index (χ4v) is 3.47. The molecule has 0 spiro atoms. The molecule has 0 aromatic carbocycles. The minimum Gasteiger partial charge on any atom is -0.350 e. The van der Waals surface area contributed by atoms with Crippen molar-refractivity contribution in [3.05, 3.63) is 5.82 Å². The Morgan fingerprint density at radius 2 is 2.04 bits per heavy atom. The zero-order valence-electron chi connectivity index (χ0n) is 14.9. The van der Waals surface area contributed by atoms with E-state index in [1.165, 1.54) is 11.5 Å². The molecule has 1 saturated heterocycles. The van der Waals surface area contributed by atoms with Gasteiger partial charge in [-0.15, -0.1) is 0 Å². The molecule has 0 radical (unpaired) electrons. The molecule has 0 bridgehead atoms. The minimum atomic E-state index is -0.188. The molecular weight excluding hydrogens is 310 g/mol. The topological polar surface area (TPSA) is 61.4 Å². The van der Waals surface area contributed by atoms with E-state index in [2.05, 4.69) is 31.4 Å². The second kappa shape index (κ2) is 7.57. The largest absolute Gasteiger partial charge is 0.350 e. The summed E-state index contributed by atoms with van der Waals surface area (Å²) in [4.78, 5) is 21.5. The first-order valence-electron chi connectivity index (χ1n) is 8.44. The number of nitrogens with one attached hydrogen (secondary N) is 1. The lowest BCUT2D eigenvalue weighted by Gasteiger charge is -2.30. The van der Waals surface area contributed by atoms with Crippen LogP contribution in [0.1, 0.15) is 46.9 Å². The van der Waals surface area contributed by atoms with Gasteiger partial charge in [0.15, 0.2) is 0 Å². The summed E-state index contributed by atoms with van der Waals surface area (Å²) in [5.74, 6) is 1.03. The van der Waals surface area contributed by atoms with E-state index in [0.29, 0.717) is 0 Å². The molecule has 1 aliphatic rings. The van der Waals surface area contributed by atoms with E-state index in [1.807, 2.05) is 27.7 Å². The monoisotopic (exact) mass is 339 g/mol. The Hall–Kier alpha value is -1.21. The van der Waals surface area contributed by atoms with Crippen molar-refractivity contribution in [2.24, 2.45) is 0 Å². The van der Waals surface area contributed by atoms with Gasteiger partial charge in [-0.25, -0.2) is 4.98 Å². The molecule has 1 atom stereocenters. The minimum absolute atomic E-state index is 0.102. The summed E-state index contributed by atoms with van der Waals surface area (Å²) >= 11 is 1.48. The molecule has 1 amide bonds. The Kier molecular flexibility index (Phi) is 5.97. The van der Waals surface area contributed by atoms with Crippen molar-refractivity contribution in [3.8, 4) is 0 Å². The lowest BCUT2D eigenvalue weighted by molar-refractivity contribution is -0.127. The van der Waals surface area contributed by atoms with Crippen molar-refractivity contribution in [1.29, 1.82) is 0 Å². The van der Waals surface area contributed by atoms with Crippen LogP contribution in [-0.4, -0.2) is 57.9 Å². The van der Waals surface area contributed by atoms with Crippen LogP contribution in [0.15, 0.2) is 0 Å². The van der Waals surface area contributed by atoms with Gasteiger partial charge in [-0.05, 0) is 34.1 Å². The SMILES string of the molecule is CCc1nsc(N2CCCN([C@H](C)C(=O)NC(C)(C)C)CC2)n1. The molecule has 7 heteroatoms. The lowest BCUT2D eigenvalue weighted by Crippen LogP contribution is -2.51. The van der Waals surface area contributed by atoms with Crippen molar-refractivity contribution in [2.75, 3.05) is 31.1 Å². The zero-order valence-corrected chi connectivity index (χ0v) is 15.7. The normalized spacial score (nSPS) is 18.6. The molecule has 2 rings (SSSR count). The molecule has 1 N–H and O–H groups in total. The molecule has 130 valence electrons. The number of aromatic nitrogens is 2. The number of rotatable bonds is 4. The molecular formula is C16H29N5OS. The van der Waals surface area contributed by atoms with Gasteiger partial charge in [-0.2, -0.15) is 4.37 Å². The summed E-state index contributed by atoms with van der Waals surface area (Å²) < 4.78 is 4.37. The first-order valence-corrected chi connectivity index (χ1v) is 9.21. The predicted octanol–water partition coefficient (Wildman–Crippen LogP) is 1.92. The third-order valence-corrected chi connectivity index (χ3v) is 4.81. The van der Waals surface area contributed by atoms with E-state index in [1.54, 1.807) is 0 Å². The molecule has 1 aliphatic heterocycles. The number of carbonyl (C=O) groups excluding carboxylic acids is 1. The molecule has 2 heterocycles. The van der Waals surface area contributed by atoms with E-state index < -0.39 is 0 Å². The first-order chi connectivity index (χ1) is 10.8. The van der Waals surface area contributed by atoms with Gasteiger partial charge in [0, 0.05) is 49.7 Å². The Morgan fingerprint density at radius 1 is 1.30 bits per heavy atom. The van der Waals surface area contributed by atoms with Gasteiger partial charge in [0.25, 0.3) is 0 Å². The molecule has 6 nitrogen and oxygen atoms in total. The Balaban J connectivity index is 1.93. The summed E-state index contributed by atoms with van der Waals surface area (Å²) in [5.41, 5.74) is -0.188. The Labute approximate surface area is 143 Å². The van der Waals surface area contributed by atoms with E-state index in [4.69, 9.17) is 0 Å². The third kappa shape index (κ3) is 5.14. The van der Waals surface area contributed by atoms with Gasteiger partial charge in [0.2, 0.25) is 11.0 Å². The highest BCUT2D eigenvalue weighted by Crippen LogP contribution is 2.20. The van der Waals surface area contributed by atoms with Gasteiger partial charge in [0.1, 0.15) is 5.82 Å². The van der Waals surface area contributed by atoms with Crippen LogP contribution in [0.5, 0.6) is 0 Å². The number of nitrogens with zero attached hydrogens (tertiary/aromatic N) is 4. The van der Waals surface area contributed by atoms with Crippen LogP contribution >= 0.6 is 11.5 Å². The maximum Gasteiger partial charge on any atom is 0.237 e. The summed E-state index contributed by atoms with van der Waals surface area (Å²) in [5, 5.41) is 4.09. The number of hydrogen-bond acceptors (Lipinski definition) is 6. The van der Waals surface area contributed by atoms with Gasteiger partial charge in [-0.1, -0.05) is 6.92 Å². The molecule has 1 aromatic rings. The van der Waals surface area contributed by atoms with E-state index in [9.17, 15) is 4.79 Å². The molecule has 23 heavy (non-hydrogen) atoms. The van der Waals surface area contributed by atoms with E-state index in [0.717, 1.165) is 50.0 Å². The van der Waals surface area contributed by atoms with Crippen LogP contribution in [0.2, 0.25) is 0 Å². The van der Waals surface area contributed by atoms with Gasteiger partial charge in [0.05, 0.1) is 6.04 Å². The highest BCUT2D eigenvalue weighted by Gasteiger charge is 2.27. The second-order valence-corrected chi connectivity index (χ2v) is 7.87. The smallest absolute Gasteiger partial charge is 0.237 e.